The third-order valence-corrected chi connectivity index (χ3v) is 7.42. The molecule has 1 fully saturated rings. The summed E-state index contributed by atoms with van der Waals surface area (Å²) < 4.78 is 5.60. The summed E-state index contributed by atoms with van der Waals surface area (Å²) in [6, 6.07) is 4.07. The number of thiophene rings is 1. The van der Waals surface area contributed by atoms with Crippen molar-refractivity contribution < 1.29 is 14.3 Å². The van der Waals surface area contributed by atoms with Gasteiger partial charge in [0, 0.05) is 25.7 Å². The van der Waals surface area contributed by atoms with E-state index < -0.39 is 5.60 Å². The quantitative estimate of drug-likeness (QED) is 0.572. The van der Waals surface area contributed by atoms with Gasteiger partial charge in [0.15, 0.2) is 0 Å². The minimum Gasteiger partial charge on any atom is -0.444 e. The lowest BCUT2D eigenvalue weighted by molar-refractivity contribution is 0.0124. The lowest BCUT2D eigenvalue weighted by Gasteiger charge is -2.37. The van der Waals surface area contributed by atoms with Crippen LogP contribution >= 0.6 is 22.7 Å². The van der Waals surface area contributed by atoms with Gasteiger partial charge >= 0.3 is 6.09 Å². The number of carbonyl (C=O) groups is 2. The van der Waals surface area contributed by atoms with Crippen molar-refractivity contribution in [3.63, 3.8) is 0 Å². The summed E-state index contributed by atoms with van der Waals surface area (Å²) in [5.41, 5.74) is 0.265. The van der Waals surface area contributed by atoms with Gasteiger partial charge in [0.05, 0.1) is 10.6 Å². The molecule has 0 aliphatic carbocycles. The first-order chi connectivity index (χ1) is 14.5. The van der Waals surface area contributed by atoms with Gasteiger partial charge in [-0.2, -0.15) is 0 Å². The molecule has 8 heteroatoms. The Labute approximate surface area is 193 Å². The third-order valence-electron chi connectivity index (χ3n) is 5.24. The molecular weight excluding hydrogens is 430 g/mol. The van der Waals surface area contributed by atoms with E-state index in [0.29, 0.717) is 13.1 Å². The Balaban J connectivity index is 1.68. The average Bonchev–Trinajstić information content (AvgIpc) is 3.33. The van der Waals surface area contributed by atoms with E-state index in [2.05, 4.69) is 4.98 Å². The molecule has 1 unspecified atom stereocenters. The highest BCUT2D eigenvalue weighted by Gasteiger charge is 2.31. The highest BCUT2D eigenvalue weighted by molar-refractivity contribution is 7.22. The second-order valence-corrected chi connectivity index (χ2v) is 11.3. The van der Waals surface area contributed by atoms with E-state index in [9.17, 15) is 9.59 Å². The second-order valence-electron chi connectivity index (χ2n) is 9.40. The standard InChI is InChI=1S/C23H33N3O3S2/c1-15(2)26(22(28)29-23(4,5)6)14-17-9-7-11-25(13-17)21(27)19-16(3)24-20(31-19)18-10-8-12-30-18/h8,10,12,15,17H,7,9,11,13-14H2,1-6H3. The van der Waals surface area contributed by atoms with Crippen molar-refractivity contribution in [1.29, 1.82) is 0 Å². The van der Waals surface area contributed by atoms with Gasteiger partial charge in [-0.25, -0.2) is 9.78 Å². The summed E-state index contributed by atoms with van der Waals surface area (Å²) in [5, 5.41) is 2.92. The van der Waals surface area contributed by atoms with Crippen LogP contribution in [0.4, 0.5) is 4.79 Å². The molecule has 6 nitrogen and oxygen atoms in total. The Morgan fingerprint density at radius 2 is 2.10 bits per heavy atom. The predicted octanol–water partition coefficient (Wildman–Crippen LogP) is 5.68. The molecule has 3 rings (SSSR count). The summed E-state index contributed by atoms with van der Waals surface area (Å²) in [7, 11) is 0. The number of carbonyl (C=O) groups excluding carboxylic acids is 2. The summed E-state index contributed by atoms with van der Waals surface area (Å²) in [6.07, 6.45) is 1.65. The fourth-order valence-electron chi connectivity index (χ4n) is 3.74. The SMILES string of the molecule is Cc1nc(-c2cccs2)sc1C(=O)N1CCCC(CN(C(=O)OC(C)(C)C)C(C)C)C1. The number of piperidine rings is 1. The first-order valence-corrected chi connectivity index (χ1v) is 12.5. The zero-order valence-corrected chi connectivity index (χ0v) is 20.9. The van der Waals surface area contributed by atoms with E-state index in [4.69, 9.17) is 4.74 Å². The van der Waals surface area contributed by atoms with E-state index in [1.807, 2.05) is 64.0 Å². The molecule has 3 heterocycles. The van der Waals surface area contributed by atoms with Crippen molar-refractivity contribution in [2.45, 2.75) is 66.0 Å². The topological polar surface area (TPSA) is 62.7 Å². The molecule has 2 amide bonds. The Hall–Kier alpha value is -1.93. The van der Waals surface area contributed by atoms with Gasteiger partial charge in [-0.3, -0.25) is 4.79 Å². The lowest BCUT2D eigenvalue weighted by Crippen LogP contribution is -2.48. The normalized spacial score (nSPS) is 17.1. The second kappa shape index (κ2) is 9.69. The van der Waals surface area contributed by atoms with E-state index in [1.54, 1.807) is 16.2 Å². The van der Waals surface area contributed by atoms with Crippen LogP contribution in [0.1, 0.15) is 62.8 Å². The molecule has 0 spiro atoms. The number of aromatic nitrogens is 1. The van der Waals surface area contributed by atoms with Crippen LogP contribution in [0.3, 0.4) is 0 Å². The lowest BCUT2D eigenvalue weighted by atomic mass is 9.96. The largest absolute Gasteiger partial charge is 0.444 e. The molecular formula is C23H33N3O3S2. The van der Waals surface area contributed by atoms with Crippen LogP contribution in [0, 0.1) is 12.8 Å². The first kappa shape index (κ1) is 23.7. The fraction of sp³-hybridized carbons (Fsp3) is 0.609. The van der Waals surface area contributed by atoms with Gasteiger partial charge in [0.25, 0.3) is 5.91 Å². The molecule has 0 N–H and O–H groups in total. The van der Waals surface area contributed by atoms with Gasteiger partial charge in [0.1, 0.15) is 15.5 Å². The number of hydrogen-bond acceptors (Lipinski definition) is 6. The van der Waals surface area contributed by atoms with Crippen molar-refractivity contribution in [2.75, 3.05) is 19.6 Å². The number of aryl methyl sites for hydroxylation is 1. The van der Waals surface area contributed by atoms with Crippen LogP contribution in [0.25, 0.3) is 9.88 Å². The van der Waals surface area contributed by atoms with Crippen molar-refractivity contribution in [1.82, 2.24) is 14.8 Å². The van der Waals surface area contributed by atoms with E-state index in [-0.39, 0.29) is 24.0 Å². The number of likely N-dealkylation sites (tertiary alicyclic amines) is 1. The highest BCUT2D eigenvalue weighted by atomic mass is 32.1. The van der Waals surface area contributed by atoms with Crippen LogP contribution < -0.4 is 0 Å². The maximum Gasteiger partial charge on any atom is 0.410 e. The van der Waals surface area contributed by atoms with Crippen LogP contribution in [0.2, 0.25) is 0 Å². The monoisotopic (exact) mass is 463 g/mol. The average molecular weight is 464 g/mol. The third kappa shape index (κ3) is 6.07. The van der Waals surface area contributed by atoms with Gasteiger partial charge in [0.2, 0.25) is 0 Å². The molecule has 0 saturated carbocycles. The molecule has 0 bridgehead atoms. The summed E-state index contributed by atoms with van der Waals surface area (Å²) in [6.45, 7) is 13.5. The predicted molar refractivity (Wildman–Crippen MR) is 127 cm³/mol. The number of nitrogens with zero attached hydrogens (tertiary/aromatic N) is 3. The van der Waals surface area contributed by atoms with E-state index in [0.717, 1.165) is 39.8 Å². The Morgan fingerprint density at radius 3 is 2.71 bits per heavy atom. The minimum absolute atomic E-state index is 0.0398. The Morgan fingerprint density at radius 1 is 1.35 bits per heavy atom. The zero-order chi connectivity index (χ0) is 22.8. The van der Waals surface area contributed by atoms with Gasteiger partial charge in [-0.1, -0.05) is 6.07 Å². The van der Waals surface area contributed by atoms with Gasteiger partial charge in [-0.05, 0) is 71.7 Å². The molecule has 2 aromatic rings. The molecule has 1 aliphatic heterocycles. The molecule has 1 saturated heterocycles. The molecule has 1 atom stereocenters. The minimum atomic E-state index is -0.525. The number of amides is 2. The first-order valence-electron chi connectivity index (χ1n) is 10.9. The summed E-state index contributed by atoms with van der Waals surface area (Å²) in [4.78, 5) is 36.1. The number of rotatable bonds is 5. The van der Waals surface area contributed by atoms with Crippen LogP contribution in [0.15, 0.2) is 17.5 Å². The maximum atomic E-state index is 13.3. The summed E-state index contributed by atoms with van der Waals surface area (Å²) >= 11 is 3.11. The molecule has 0 aromatic carbocycles. The molecule has 0 radical (unpaired) electrons. The fourth-order valence-corrected chi connectivity index (χ4v) is 5.57. The van der Waals surface area contributed by atoms with Crippen molar-refractivity contribution >= 4 is 34.7 Å². The van der Waals surface area contributed by atoms with Gasteiger partial charge in [-0.15, -0.1) is 22.7 Å². The zero-order valence-electron chi connectivity index (χ0n) is 19.3. The van der Waals surface area contributed by atoms with Crippen molar-refractivity contribution in [2.24, 2.45) is 5.92 Å². The van der Waals surface area contributed by atoms with Crippen molar-refractivity contribution in [3.8, 4) is 9.88 Å². The van der Waals surface area contributed by atoms with Crippen LogP contribution in [0.5, 0.6) is 0 Å². The smallest absolute Gasteiger partial charge is 0.410 e. The Kier molecular flexibility index (Phi) is 7.42. The maximum absolute atomic E-state index is 13.3. The van der Waals surface area contributed by atoms with Crippen molar-refractivity contribution in [3.05, 3.63) is 28.1 Å². The van der Waals surface area contributed by atoms with Gasteiger partial charge < -0.3 is 14.5 Å². The molecule has 2 aromatic heterocycles. The van der Waals surface area contributed by atoms with Crippen LogP contribution in [-0.2, 0) is 4.74 Å². The van der Waals surface area contributed by atoms with Crippen LogP contribution in [-0.4, -0.2) is 58.1 Å². The number of thiazole rings is 1. The van der Waals surface area contributed by atoms with E-state index >= 15 is 0 Å². The molecule has 31 heavy (non-hydrogen) atoms. The molecule has 170 valence electrons. The molecule has 1 aliphatic rings. The number of ether oxygens (including phenoxy) is 1. The highest BCUT2D eigenvalue weighted by Crippen LogP contribution is 2.32. The number of hydrogen-bond donors (Lipinski definition) is 0. The Bertz CT molecular complexity index is 900. The van der Waals surface area contributed by atoms with E-state index in [1.165, 1.54) is 11.3 Å². The summed E-state index contributed by atoms with van der Waals surface area (Å²) in [5.74, 6) is 0.286.